The number of hydrogen-bond acceptors (Lipinski definition) is 7. The maximum absolute atomic E-state index is 12.9. The SMILES string of the molecule is Cc1nc(C(=O)N2CCN(C)C(c3noc(C4CC4)n3)C2)ccc1C#N. The Labute approximate surface area is 151 Å². The summed E-state index contributed by atoms with van der Waals surface area (Å²) in [4.78, 5) is 25.6. The van der Waals surface area contributed by atoms with E-state index in [1.54, 1.807) is 24.0 Å². The van der Waals surface area contributed by atoms with Gasteiger partial charge in [0.1, 0.15) is 11.8 Å². The average molecular weight is 352 g/mol. The molecule has 8 nitrogen and oxygen atoms in total. The Balaban J connectivity index is 1.52. The third-order valence-corrected chi connectivity index (χ3v) is 5.04. The van der Waals surface area contributed by atoms with Crippen molar-refractivity contribution in [2.24, 2.45) is 0 Å². The molecule has 1 saturated heterocycles. The van der Waals surface area contributed by atoms with Crippen LogP contribution in [-0.4, -0.2) is 57.5 Å². The maximum atomic E-state index is 12.9. The van der Waals surface area contributed by atoms with Crippen LogP contribution < -0.4 is 0 Å². The fourth-order valence-electron chi connectivity index (χ4n) is 3.18. The van der Waals surface area contributed by atoms with E-state index in [2.05, 4.69) is 26.1 Å². The Bertz CT molecular complexity index is 882. The van der Waals surface area contributed by atoms with E-state index in [0.29, 0.717) is 47.7 Å². The molecule has 0 aromatic carbocycles. The van der Waals surface area contributed by atoms with Gasteiger partial charge in [0.15, 0.2) is 5.82 Å². The minimum atomic E-state index is -0.137. The van der Waals surface area contributed by atoms with Gasteiger partial charge in [0.25, 0.3) is 5.91 Å². The van der Waals surface area contributed by atoms with Gasteiger partial charge in [-0.25, -0.2) is 4.98 Å². The van der Waals surface area contributed by atoms with E-state index in [0.717, 1.165) is 19.4 Å². The number of aryl methyl sites for hydroxylation is 1. The fourth-order valence-corrected chi connectivity index (χ4v) is 3.18. The third kappa shape index (κ3) is 3.06. The average Bonchev–Trinajstić information content (AvgIpc) is 3.39. The van der Waals surface area contributed by atoms with Crippen LogP contribution in [-0.2, 0) is 0 Å². The fraction of sp³-hybridized carbons (Fsp3) is 0.500. The Morgan fingerprint density at radius 2 is 2.12 bits per heavy atom. The highest BCUT2D eigenvalue weighted by Gasteiger charge is 2.35. The molecule has 1 amide bonds. The zero-order chi connectivity index (χ0) is 18.3. The van der Waals surface area contributed by atoms with Crippen molar-refractivity contribution in [3.63, 3.8) is 0 Å². The van der Waals surface area contributed by atoms with E-state index in [4.69, 9.17) is 9.78 Å². The van der Waals surface area contributed by atoms with Crippen LogP contribution in [0.3, 0.4) is 0 Å². The number of hydrogen-bond donors (Lipinski definition) is 0. The molecule has 134 valence electrons. The van der Waals surface area contributed by atoms with Crippen LogP contribution in [0.2, 0.25) is 0 Å². The first kappa shape index (κ1) is 16.7. The van der Waals surface area contributed by atoms with Crippen molar-refractivity contribution in [3.8, 4) is 6.07 Å². The number of piperazine rings is 1. The molecule has 0 spiro atoms. The second kappa shape index (κ2) is 6.50. The molecule has 1 aliphatic heterocycles. The van der Waals surface area contributed by atoms with Crippen molar-refractivity contribution in [1.29, 1.82) is 5.26 Å². The monoisotopic (exact) mass is 352 g/mol. The molecule has 1 saturated carbocycles. The molecule has 26 heavy (non-hydrogen) atoms. The lowest BCUT2D eigenvalue weighted by Crippen LogP contribution is -2.49. The second-order valence-corrected chi connectivity index (χ2v) is 6.95. The van der Waals surface area contributed by atoms with Crippen LogP contribution in [0.1, 0.15) is 58.3 Å². The summed E-state index contributed by atoms with van der Waals surface area (Å²) in [6, 6.07) is 5.23. The molecule has 0 bridgehead atoms. The minimum absolute atomic E-state index is 0.0940. The van der Waals surface area contributed by atoms with E-state index in [9.17, 15) is 4.79 Å². The summed E-state index contributed by atoms with van der Waals surface area (Å²) in [6.45, 7) is 3.55. The number of carbonyl (C=O) groups is 1. The topological polar surface area (TPSA) is 99.2 Å². The van der Waals surface area contributed by atoms with E-state index in [-0.39, 0.29) is 11.9 Å². The normalized spacial score (nSPS) is 20.8. The number of amides is 1. The van der Waals surface area contributed by atoms with Crippen LogP contribution in [0, 0.1) is 18.3 Å². The van der Waals surface area contributed by atoms with Gasteiger partial charge in [-0.15, -0.1) is 0 Å². The van der Waals surface area contributed by atoms with Gasteiger partial charge in [-0.05, 0) is 38.9 Å². The molecule has 1 aliphatic carbocycles. The molecule has 2 aliphatic rings. The van der Waals surface area contributed by atoms with Crippen molar-refractivity contribution in [2.45, 2.75) is 31.7 Å². The molecule has 0 radical (unpaired) electrons. The number of nitrogens with zero attached hydrogens (tertiary/aromatic N) is 6. The van der Waals surface area contributed by atoms with Crippen molar-refractivity contribution < 1.29 is 9.32 Å². The number of aromatic nitrogens is 3. The van der Waals surface area contributed by atoms with Gasteiger partial charge in [0.05, 0.1) is 17.3 Å². The van der Waals surface area contributed by atoms with Gasteiger partial charge in [0, 0.05) is 25.6 Å². The van der Waals surface area contributed by atoms with Crippen LogP contribution in [0.25, 0.3) is 0 Å². The lowest BCUT2D eigenvalue weighted by atomic mass is 10.1. The highest BCUT2D eigenvalue weighted by molar-refractivity contribution is 5.92. The van der Waals surface area contributed by atoms with Crippen molar-refractivity contribution in [1.82, 2.24) is 24.9 Å². The standard InChI is InChI=1S/C18H20N6O2/c1-11-13(9-19)5-6-14(20-11)18(25)24-8-7-23(2)15(10-24)16-21-17(26-22-16)12-3-4-12/h5-6,12,15H,3-4,7-8,10H2,1-2H3. The zero-order valence-electron chi connectivity index (χ0n) is 14.8. The summed E-state index contributed by atoms with van der Waals surface area (Å²) in [5, 5.41) is 13.2. The van der Waals surface area contributed by atoms with Gasteiger partial charge < -0.3 is 9.42 Å². The summed E-state index contributed by atoms with van der Waals surface area (Å²) in [6.07, 6.45) is 2.22. The Morgan fingerprint density at radius 3 is 2.81 bits per heavy atom. The molecule has 8 heteroatoms. The molecule has 4 rings (SSSR count). The van der Waals surface area contributed by atoms with Gasteiger partial charge in [-0.2, -0.15) is 10.2 Å². The summed E-state index contributed by atoms with van der Waals surface area (Å²) < 4.78 is 5.38. The molecular formula is C18H20N6O2. The molecular weight excluding hydrogens is 332 g/mol. The number of nitriles is 1. The molecule has 1 unspecified atom stereocenters. The highest BCUT2D eigenvalue weighted by atomic mass is 16.5. The van der Waals surface area contributed by atoms with Crippen LogP contribution in [0.5, 0.6) is 0 Å². The molecule has 1 atom stereocenters. The molecule has 3 heterocycles. The minimum Gasteiger partial charge on any atom is -0.339 e. The number of rotatable bonds is 3. The zero-order valence-corrected chi connectivity index (χ0v) is 14.8. The first-order valence-electron chi connectivity index (χ1n) is 8.77. The predicted octanol–water partition coefficient (Wildman–Crippen LogP) is 1.65. The van der Waals surface area contributed by atoms with E-state index in [1.807, 2.05) is 7.05 Å². The smallest absolute Gasteiger partial charge is 0.272 e. The third-order valence-electron chi connectivity index (χ3n) is 5.04. The van der Waals surface area contributed by atoms with E-state index in [1.165, 1.54) is 0 Å². The quantitative estimate of drug-likeness (QED) is 0.828. The predicted molar refractivity (Wildman–Crippen MR) is 91.2 cm³/mol. The number of likely N-dealkylation sites (N-methyl/N-ethyl adjacent to an activating group) is 1. The molecule has 2 fully saturated rings. The molecule has 0 N–H and O–H groups in total. The molecule has 2 aromatic heterocycles. The lowest BCUT2D eigenvalue weighted by Gasteiger charge is -2.37. The van der Waals surface area contributed by atoms with Crippen molar-refractivity contribution >= 4 is 5.91 Å². The van der Waals surface area contributed by atoms with Gasteiger partial charge in [-0.3, -0.25) is 9.69 Å². The highest BCUT2D eigenvalue weighted by Crippen LogP contribution is 2.39. The van der Waals surface area contributed by atoms with Gasteiger partial charge in [0.2, 0.25) is 5.89 Å². The Morgan fingerprint density at radius 1 is 1.31 bits per heavy atom. The van der Waals surface area contributed by atoms with Crippen LogP contribution in [0.4, 0.5) is 0 Å². The van der Waals surface area contributed by atoms with E-state index >= 15 is 0 Å². The summed E-state index contributed by atoms with van der Waals surface area (Å²) in [5.74, 6) is 1.62. The largest absolute Gasteiger partial charge is 0.339 e. The Kier molecular flexibility index (Phi) is 4.17. The van der Waals surface area contributed by atoms with Gasteiger partial charge in [-0.1, -0.05) is 5.16 Å². The first-order valence-corrected chi connectivity index (χ1v) is 8.77. The first-order chi connectivity index (χ1) is 12.6. The van der Waals surface area contributed by atoms with Crippen molar-refractivity contribution in [3.05, 3.63) is 40.8 Å². The summed E-state index contributed by atoms with van der Waals surface area (Å²) in [5.41, 5.74) is 1.41. The second-order valence-electron chi connectivity index (χ2n) is 6.95. The summed E-state index contributed by atoms with van der Waals surface area (Å²) in [7, 11) is 2.00. The molecule has 2 aromatic rings. The lowest BCUT2D eigenvalue weighted by molar-refractivity contribution is 0.0523. The Hall–Kier alpha value is -2.79. The van der Waals surface area contributed by atoms with E-state index < -0.39 is 0 Å². The van der Waals surface area contributed by atoms with Crippen LogP contribution >= 0.6 is 0 Å². The number of pyridine rings is 1. The van der Waals surface area contributed by atoms with Gasteiger partial charge >= 0.3 is 0 Å². The summed E-state index contributed by atoms with van der Waals surface area (Å²) >= 11 is 0. The van der Waals surface area contributed by atoms with Crippen LogP contribution in [0.15, 0.2) is 16.7 Å². The number of carbonyl (C=O) groups excluding carboxylic acids is 1. The maximum Gasteiger partial charge on any atom is 0.272 e. The van der Waals surface area contributed by atoms with Crippen molar-refractivity contribution in [2.75, 3.05) is 26.7 Å².